The molecular weight excluding hydrogens is 314 g/mol. The predicted octanol–water partition coefficient (Wildman–Crippen LogP) is 3.09. The van der Waals surface area contributed by atoms with E-state index in [0.29, 0.717) is 19.7 Å². The van der Waals surface area contributed by atoms with Gasteiger partial charge in [-0.2, -0.15) is 0 Å². The van der Waals surface area contributed by atoms with Crippen LogP contribution < -0.4 is 14.8 Å². The van der Waals surface area contributed by atoms with E-state index in [0.717, 1.165) is 22.6 Å². The summed E-state index contributed by atoms with van der Waals surface area (Å²) in [5.74, 6) is 1.45. The molecule has 0 aliphatic carbocycles. The summed E-state index contributed by atoms with van der Waals surface area (Å²) in [5.41, 5.74) is 3.45. The first-order valence-corrected chi connectivity index (χ1v) is 7.40. The summed E-state index contributed by atoms with van der Waals surface area (Å²) in [7, 11) is 1.64. The molecule has 0 atom stereocenters. The van der Waals surface area contributed by atoms with Gasteiger partial charge in [-0.3, -0.25) is 0 Å². The zero-order valence-electron chi connectivity index (χ0n) is 13.5. The van der Waals surface area contributed by atoms with Crippen LogP contribution in [0.25, 0.3) is 0 Å². The minimum atomic E-state index is 0. The Kier molecular flexibility index (Phi) is 8.48. The summed E-state index contributed by atoms with van der Waals surface area (Å²) < 4.78 is 11.2. The number of methoxy groups -OCH3 is 1. The van der Waals surface area contributed by atoms with Gasteiger partial charge in [0.25, 0.3) is 0 Å². The quantitative estimate of drug-likeness (QED) is 0.727. The van der Waals surface area contributed by atoms with Crippen LogP contribution >= 0.6 is 12.4 Å². The number of benzene rings is 2. The standard InChI is InChI=1S/C18H23NO3.ClH/c1-14-3-5-15(6-4-14)13-22-17-8-7-16(11-18(17)21-2)12-19-9-10-20;/h3-8,11,19-20H,9-10,12-13H2,1-2H3;1H. The number of rotatable bonds is 8. The third-order valence-electron chi connectivity index (χ3n) is 3.36. The van der Waals surface area contributed by atoms with Crippen molar-refractivity contribution in [2.24, 2.45) is 0 Å². The van der Waals surface area contributed by atoms with Crippen LogP contribution in [0, 0.1) is 6.92 Å². The van der Waals surface area contributed by atoms with E-state index in [-0.39, 0.29) is 19.0 Å². The van der Waals surface area contributed by atoms with Gasteiger partial charge in [0.15, 0.2) is 11.5 Å². The summed E-state index contributed by atoms with van der Waals surface area (Å²) in [5, 5.41) is 11.9. The van der Waals surface area contributed by atoms with Crippen LogP contribution in [0.5, 0.6) is 11.5 Å². The van der Waals surface area contributed by atoms with Gasteiger partial charge in [-0.15, -0.1) is 12.4 Å². The van der Waals surface area contributed by atoms with E-state index in [1.165, 1.54) is 5.56 Å². The zero-order chi connectivity index (χ0) is 15.8. The minimum Gasteiger partial charge on any atom is -0.493 e. The second-order valence-electron chi connectivity index (χ2n) is 5.16. The summed E-state index contributed by atoms with van der Waals surface area (Å²) in [6.07, 6.45) is 0. The molecule has 0 amide bonds. The average Bonchev–Trinajstić information content (AvgIpc) is 2.55. The maximum Gasteiger partial charge on any atom is 0.161 e. The van der Waals surface area contributed by atoms with Crippen LogP contribution in [0.3, 0.4) is 0 Å². The summed E-state index contributed by atoms with van der Waals surface area (Å²) in [4.78, 5) is 0. The fourth-order valence-corrected chi connectivity index (χ4v) is 2.10. The molecule has 2 aromatic rings. The van der Waals surface area contributed by atoms with Crippen LogP contribution in [0.2, 0.25) is 0 Å². The normalized spacial score (nSPS) is 10.0. The van der Waals surface area contributed by atoms with Crippen molar-refractivity contribution in [2.45, 2.75) is 20.1 Å². The van der Waals surface area contributed by atoms with E-state index < -0.39 is 0 Å². The average molecular weight is 338 g/mol. The number of aryl methyl sites for hydroxylation is 1. The molecule has 2 aromatic carbocycles. The number of nitrogens with one attached hydrogen (secondary N) is 1. The lowest BCUT2D eigenvalue weighted by Gasteiger charge is -2.13. The van der Waals surface area contributed by atoms with Gasteiger partial charge in [0.2, 0.25) is 0 Å². The van der Waals surface area contributed by atoms with E-state index in [1.807, 2.05) is 18.2 Å². The van der Waals surface area contributed by atoms with Crippen LogP contribution in [0.1, 0.15) is 16.7 Å². The molecule has 126 valence electrons. The highest BCUT2D eigenvalue weighted by molar-refractivity contribution is 5.85. The molecule has 0 aromatic heterocycles. The predicted molar refractivity (Wildman–Crippen MR) is 94.5 cm³/mol. The lowest BCUT2D eigenvalue weighted by Crippen LogP contribution is -2.17. The van der Waals surface area contributed by atoms with Gasteiger partial charge in [-0.25, -0.2) is 0 Å². The topological polar surface area (TPSA) is 50.7 Å². The Balaban J connectivity index is 0.00000264. The monoisotopic (exact) mass is 337 g/mol. The van der Waals surface area contributed by atoms with E-state index in [1.54, 1.807) is 7.11 Å². The van der Waals surface area contributed by atoms with Crippen LogP contribution in [0.4, 0.5) is 0 Å². The summed E-state index contributed by atoms with van der Waals surface area (Å²) in [6, 6.07) is 14.1. The molecule has 5 heteroatoms. The van der Waals surface area contributed by atoms with Gasteiger partial charge in [0.1, 0.15) is 6.61 Å². The third-order valence-corrected chi connectivity index (χ3v) is 3.36. The zero-order valence-corrected chi connectivity index (χ0v) is 14.4. The van der Waals surface area contributed by atoms with Crippen molar-refractivity contribution >= 4 is 12.4 Å². The molecule has 0 saturated carbocycles. The molecule has 0 heterocycles. The van der Waals surface area contributed by atoms with Gasteiger partial charge in [0, 0.05) is 13.1 Å². The van der Waals surface area contributed by atoms with Gasteiger partial charge >= 0.3 is 0 Å². The number of aliphatic hydroxyl groups is 1. The Labute approximate surface area is 143 Å². The van der Waals surface area contributed by atoms with Crippen LogP contribution in [-0.2, 0) is 13.2 Å². The third kappa shape index (κ3) is 6.10. The number of ether oxygens (including phenoxy) is 2. The molecule has 23 heavy (non-hydrogen) atoms. The first-order chi connectivity index (χ1) is 10.7. The van der Waals surface area contributed by atoms with E-state index in [4.69, 9.17) is 14.6 Å². The Hall–Kier alpha value is -1.75. The Morgan fingerprint density at radius 3 is 2.35 bits per heavy atom. The minimum absolute atomic E-state index is 0. The van der Waals surface area contributed by atoms with Crippen molar-refractivity contribution in [2.75, 3.05) is 20.3 Å². The molecule has 0 fully saturated rings. The molecule has 0 bridgehead atoms. The highest BCUT2D eigenvalue weighted by atomic mass is 35.5. The van der Waals surface area contributed by atoms with Gasteiger partial charge in [0.05, 0.1) is 13.7 Å². The van der Waals surface area contributed by atoms with E-state index in [2.05, 4.69) is 36.5 Å². The number of aliphatic hydroxyl groups excluding tert-OH is 1. The van der Waals surface area contributed by atoms with Gasteiger partial charge < -0.3 is 19.9 Å². The Morgan fingerprint density at radius 1 is 1.00 bits per heavy atom. The second-order valence-corrected chi connectivity index (χ2v) is 5.16. The highest BCUT2D eigenvalue weighted by Crippen LogP contribution is 2.28. The fraction of sp³-hybridized carbons (Fsp3) is 0.333. The second kappa shape index (κ2) is 10.1. The first kappa shape index (κ1) is 19.3. The Bertz CT molecular complexity index is 587. The number of hydrogen-bond acceptors (Lipinski definition) is 4. The smallest absolute Gasteiger partial charge is 0.161 e. The lowest BCUT2D eigenvalue weighted by atomic mass is 10.1. The fourth-order valence-electron chi connectivity index (χ4n) is 2.10. The molecular formula is C18H24ClNO3. The van der Waals surface area contributed by atoms with Crippen molar-refractivity contribution < 1.29 is 14.6 Å². The lowest BCUT2D eigenvalue weighted by molar-refractivity contribution is 0.284. The molecule has 0 aliphatic heterocycles. The number of hydrogen-bond donors (Lipinski definition) is 2. The first-order valence-electron chi connectivity index (χ1n) is 7.40. The molecule has 0 saturated heterocycles. The van der Waals surface area contributed by atoms with Crippen molar-refractivity contribution in [1.29, 1.82) is 0 Å². The van der Waals surface area contributed by atoms with Gasteiger partial charge in [-0.1, -0.05) is 35.9 Å². The van der Waals surface area contributed by atoms with E-state index >= 15 is 0 Å². The Morgan fingerprint density at radius 2 is 1.70 bits per heavy atom. The van der Waals surface area contributed by atoms with Crippen LogP contribution in [0.15, 0.2) is 42.5 Å². The van der Waals surface area contributed by atoms with Crippen molar-refractivity contribution in [3.63, 3.8) is 0 Å². The van der Waals surface area contributed by atoms with E-state index in [9.17, 15) is 0 Å². The molecule has 0 aliphatic rings. The highest BCUT2D eigenvalue weighted by Gasteiger charge is 2.06. The summed E-state index contributed by atoms with van der Waals surface area (Å²) >= 11 is 0. The van der Waals surface area contributed by atoms with Crippen LogP contribution in [-0.4, -0.2) is 25.4 Å². The molecule has 0 spiro atoms. The maximum atomic E-state index is 8.78. The molecule has 2 rings (SSSR count). The largest absolute Gasteiger partial charge is 0.493 e. The molecule has 4 nitrogen and oxygen atoms in total. The van der Waals surface area contributed by atoms with Crippen molar-refractivity contribution in [3.8, 4) is 11.5 Å². The van der Waals surface area contributed by atoms with Crippen molar-refractivity contribution in [3.05, 3.63) is 59.2 Å². The molecule has 0 radical (unpaired) electrons. The van der Waals surface area contributed by atoms with Gasteiger partial charge in [-0.05, 0) is 30.2 Å². The summed E-state index contributed by atoms with van der Waals surface area (Å²) in [6.45, 7) is 3.98. The van der Waals surface area contributed by atoms with Crippen molar-refractivity contribution in [1.82, 2.24) is 5.32 Å². The number of halogens is 1. The maximum absolute atomic E-state index is 8.78. The molecule has 0 unspecified atom stereocenters. The molecule has 2 N–H and O–H groups in total. The SMILES string of the molecule is COc1cc(CNCCO)ccc1OCc1ccc(C)cc1.Cl.